The predicted octanol–water partition coefficient (Wildman–Crippen LogP) is 4.41. The zero-order valence-corrected chi connectivity index (χ0v) is 13.4. The average Bonchev–Trinajstić information content (AvgIpc) is 2.43. The molecule has 2 nitrogen and oxygen atoms in total. The summed E-state index contributed by atoms with van der Waals surface area (Å²) in [4.78, 5) is 0. The largest absolute Gasteiger partial charge is 0.393 e. The molecule has 0 radical (unpaired) electrons. The number of aliphatic hydroxyl groups excluding tert-OH is 1. The molecule has 2 unspecified atom stereocenters. The SMILES string of the molecule is CCCC[C@@H](CC(O)C1CCC(C)CC1)C(C)OC. The summed E-state index contributed by atoms with van der Waals surface area (Å²) in [5, 5.41) is 10.5. The lowest BCUT2D eigenvalue weighted by Gasteiger charge is -2.33. The molecular formula is C17H34O2. The highest BCUT2D eigenvalue weighted by molar-refractivity contribution is 4.79. The summed E-state index contributed by atoms with van der Waals surface area (Å²) >= 11 is 0. The van der Waals surface area contributed by atoms with Gasteiger partial charge in [0, 0.05) is 7.11 Å². The summed E-state index contributed by atoms with van der Waals surface area (Å²) in [5.74, 6) is 1.90. The van der Waals surface area contributed by atoms with Gasteiger partial charge in [0.25, 0.3) is 0 Å². The smallest absolute Gasteiger partial charge is 0.0572 e. The van der Waals surface area contributed by atoms with Gasteiger partial charge in [0.2, 0.25) is 0 Å². The van der Waals surface area contributed by atoms with E-state index in [2.05, 4.69) is 20.8 Å². The molecule has 0 spiro atoms. The van der Waals surface area contributed by atoms with Crippen molar-refractivity contribution < 1.29 is 9.84 Å². The maximum atomic E-state index is 10.5. The molecule has 0 aromatic rings. The fourth-order valence-electron chi connectivity index (χ4n) is 3.38. The maximum absolute atomic E-state index is 10.5. The van der Waals surface area contributed by atoms with Gasteiger partial charge in [-0.25, -0.2) is 0 Å². The summed E-state index contributed by atoms with van der Waals surface area (Å²) in [5.41, 5.74) is 0. The third-order valence-corrected chi connectivity index (χ3v) is 5.11. The van der Waals surface area contributed by atoms with Crippen molar-refractivity contribution in [1.82, 2.24) is 0 Å². The van der Waals surface area contributed by atoms with Crippen LogP contribution in [0, 0.1) is 17.8 Å². The van der Waals surface area contributed by atoms with Crippen LogP contribution in [0.3, 0.4) is 0 Å². The van der Waals surface area contributed by atoms with Crippen LogP contribution in [0.15, 0.2) is 0 Å². The van der Waals surface area contributed by atoms with E-state index in [-0.39, 0.29) is 12.2 Å². The van der Waals surface area contributed by atoms with E-state index in [1.807, 2.05) is 0 Å². The highest BCUT2D eigenvalue weighted by atomic mass is 16.5. The second kappa shape index (κ2) is 8.97. The minimum Gasteiger partial charge on any atom is -0.393 e. The molecule has 3 atom stereocenters. The standard InChI is InChI=1S/C17H34O2/c1-5-6-7-16(14(3)19-4)12-17(18)15-10-8-13(2)9-11-15/h13-18H,5-12H2,1-4H3/t13?,14?,15?,16-,17?/m0/s1. The number of ether oxygens (including phenoxy) is 1. The van der Waals surface area contributed by atoms with Gasteiger partial charge in [-0.15, -0.1) is 0 Å². The Morgan fingerprint density at radius 1 is 1.21 bits per heavy atom. The van der Waals surface area contributed by atoms with Crippen molar-refractivity contribution in [3.8, 4) is 0 Å². The van der Waals surface area contributed by atoms with E-state index in [1.165, 1.54) is 44.9 Å². The van der Waals surface area contributed by atoms with Crippen LogP contribution in [-0.2, 0) is 4.74 Å². The highest BCUT2D eigenvalue weighted by Crippen LogP contribution is 2.33. The summed E-state index contributed by atoms with van der Waals surface area (Å²) < 4.78 is 5.50. The van der Waals surface area contributed by atoms with Gasteiger partial charge in [0.1, 0.15) is 0 Å². The van der Waals surface area contributed by atoms with Gasteiger partial charge in [-0.05, 0) is 50.4 Å². The Bertz CT molecular complexity index is 221. The second-order valence-electron chi connectivity index (χ2n) is 6.67. The highest BCUT2D eigenvalue weighted by Gasteiger charge is 2.28. The zero-order valence-electron chi connectivity index (χ0n) is 13.4. The van der Waals surface area contributed by atoms with Gasteiger partial charge < -0.3 is 9.84 Å². The molecule has 1 rings (SSSR count). The van der Waals surface area contributed by atoms with E-state index >= 15 is 0 Å². The lowest BCUT2D eigenvalue weighted by atomic mass is 9.77. The Kier molecular flexibility index (Phi) is 8.01. The monoisotopic (exact) mass is 270 g/mol. The van der Waals surface area contributed by atoms with Crippen molar-refractivity contribution >= 4 is 0 Å². The number of hydrogen-bond acceptors (Lipinski definition) is 2. The van der Waals surface area contributed by atoms with Gasteiger partial charge in [-0.2, -0.15) is 0 Å². The Labute approximate surface area is 119 Å². The molecular weight excluding hydrogens is 236 g/mol. The van der Waals surface area contributed by atoms with Crippen LogP contribution >= 0.6 is 0 Å². The van der Waals surface area contributed by atoms with Crippen molar-refractivity contribution in [3.05, 3.63) is 0 Å². The first-order valence-electron chi connectivity index (χ1n) is 8.29. The van der Waals surface area contributed by atoms with Crippen LogP contribution in [0.4, 0.5) is 0 Å². The molecule has 0 aromatic heterocycles. The molecule has 0 aliphatic heterocycles. The van der Waals surface area contributed by atoms with Crippen molar-refractivity contribution in [2.75, 3.05) is 7.11 Å². The molecule has 114 valence electrons. The Morgan fingerprint density at radius 2 is 1.84 bits per heavy atom. The van der Waals surface area contributed by atoms with Crippen LogP contribution in [0.2, 0.25) is 0 Å². The first-order valence-corrected chi connectivity index (χ1v) is 8.29. The number of hydrogen-bond donors (Lipinski definition) is 1. The van der Waals surface area contributed by atoms with Gasteiger partial charge in [0.05, 0.1) is 12.2 Å². The van der Waals surface area contributed by atoms with Crippen molar-refractivity contribution in [2.24, 2.45) is 17.8 Å². The van der Waals surface area contributed by atoms with Gasteiger partial charge in [-0.3, -0.25) is 0 Å². The van der Waals surface area contributed by atoms with Gasteiger partial charge in [0.15, 0.2) is 0 Å². The van der Waals surface area contributed by atoms with Crippen LogP contribution in [0.1, 0.15) is 72.1 Å². The molecule has 1 aliphatic carbocycles. The molecule has 0 aromatic carbocycles. The third-order valence-electron chi connectivity index (χ3n) is 5.11. The van der Waals surface area contributed by atoms with Crippen molar-refractivity contribution in [2.45, 2.75) is 84.3 Å². The molecule has 2 heteroatoms. The molecule has 1 fully saturated rings. The van der Waals surface area contributed by atoms with Crippen LogP contribution in [-0.4, -0.2) is 24.4 Å². The molecule has 0 bridgehead atoms. The Morgan fingerprint density at radius 3 is 2.37 bits per heavy atom. The van der Waals surface area contributed by atoms with Crippen LogP contribution in [0.5, 0.6) is 0 Å². The van der Waals surface area contributed by atoms with Crippen molar-refractivity contribution in [1.29, 1.82) is 0 Å². The normalized spacial score (nSPS) is 28.9. The summed E-state index contributed by atoms with van der Waals surface area (Å²) in [7, 11) is 1.79. The number of methoxy groups -OCH3 is 1. The predicted molar refractivity (Wildman–Crippen MR) is 81.2 cm³/mol. The van der Waals surface area contributed by atoms with E-state index in [1.54, 1.807) is 7.11 Å². The summed E-state index contributed by atoms with van der Waals surface area (Å²) in [6.07, 6.45) is 9.74. The fraction of sp³-hybridized carbons (Fsp3) is 1.00. The molecule has 0 amide bonds. The van der Waals surface area contributed by atoms with E-state index in [4.69, 9.17) is 4.74 Å². The maximum Gasteiger partial charge on any atom is 0.0572 e. The molecule has 1 N–H and O–H groups in total. The van der Waals surface area contributed by atoms with Crippen molar-refractivity contribution in [3.63, 3.8) is 0 Å². The van der Waals surface area contributed by atoms with Crippen LogP contribution in [0.25, 0.3) is 0 Å². The Hall–Kier alpha value is -0.0800. The summed E-state index contributed by atoms with van der Waals surface area (Å²) in [6, 6.07) is 0. The third kappa shape index (κ3) is 5.83. The first-order chi connectivity index (χ1) is 9.08. The summed E-state index contributed by atoms with van der Waals surface area (Å²) in [6.45, 7) is 6.71. The van der Waals surface area contributed by atoms with E-state index in [0.717, 1.165) is 12.3 Å². The zero-order chi connectivity index (χ0) is 14.3. The van der Waals surface area contributed by atoms with Crippen LogP contribution < -0.4 is 0 Å². The Balaban J connectivity index is 2.43. The van der Waals surface area contributed by atoms with E-state index in [9.17, 15) is 5.11 Å². The number of aliphatic hydroxyl groups is 1. The molecule has 0 heterocycles. The topological polar surface area (TPSA) is 29.5 Å². The van der Waals surface area contributed by atoms with Gasteiger partial charge in [-0.1, -0.05) is 39.5 Å². The lowest BCUT2D eigenvalue weighted by Crippen LogP contribution is -2.31. The van der Waals surface area contributed by atoms with E-state index < -0.39 is 0 Å². The quantitative estimate of drug-likeness (QED) is 0.708. The fourth-order valence-corrected chi connectivity index (χ4v) is 3.38. The first kappa shape index (κ1) is 17.0. The molecule has 1 saturated carbocycles. The number of unbranched alkanes of at least 4 members (excludes halogenated alkanes) is 1. The van der Waals surface area contributed by atoms with Gasteiger partial charge >= 0.3 is 0 Å². The average molecular weight is 270 g/mol. The minimum atomic E-state index is -0.119. The van der Waals surface area contributed by atoms with E-state index in [0.29, 0.717) is 11.8 Å². The number of rotatable bonds is 8. The lowest BCUT2D eigenvalue weighted by molar-refractivity contribution is 0.00635. The molecule has 0 saturated heterocycles. The molecule has 1 aliphatic rings. The minimum absolute atomic E-state index is 0.119. The molecule has 19 heavy (non-hydrogen) atoms. The second-order valence-corrected chi connectivity index (χ2v) is 6.67.